The van der Waals surface area contributed by atoms with Gasteiger partial charge in [0, 0.05) is 5.69 Å². The lowest BCUT2D eigenvalue weighted by atomic mass is 10.1. The zero-order chi connectivity index (χ0) is 20.3. The maximum atomic E-state index is 12.8. The SMILES string of the molecule is COC(=O)c1c(C)[nH]c(C(=O)CN2CCC[C@@H]2C(=O)NCc2ccco2)c1C. The Morgan fingerprint density at radius 3 is 2.82 bits per heavy atom. The molecule has 150 valence electrons. The highest BCUT2D eigenvalue weighted by atomic mass is 16.5. The van der Waals surface area contributed by atoms with Crippen molar-refractivity contribution in [2.45, 2.75) is 39.3 Å². The third kappa shape index (κ3) is 4.01. The van der Waals surface area contributed by atoms with Gasteiger partial charge in [0.15, 0.2) is 5.78 Å². The van der Waals surface area contributed by atoms with Gasteiger partial charge in [-0.2, -0.15) is 0 Å². The van der Waals surface area contributed by atoms with Gasteiger partial charge in [-0.15, -0.1) is 0 Å². The van der Waals surface area contributed by atoms with E-state index in [-0.39, 0.29) is 24.3 Å². The predicted octanol–water partition coefficient (Wildman–Crippen LogP) is 1.97. The maximum Gasteiger partial charge on any atom is 0.339 e. The first kappa shape index (κ1) is 19.9. The number of nitrogens with one attached hydrogen (secondary N) is 2. The second kappa shape index (κ2) is 8.43. The Morgan fingerprint density at radius 2 is 2.14 bits per heavy atom. The van der Waals surface area contributed by atoms with Crippen LogP contribution >= 0.6 is 0 Å². The molecule has 1 atom stereocenters. The van der Waals surface area contributed by atoms with Gasteiger partial charge in [-0.3, -0.25) is 14.5 Å². The van der Waals surface area contributed by atoms with Crippen LogP contribution in [-0.2, 0) is 16.1 Å². The fourth-order valence-electron chi connectivity index (χ4n) is 3.72. The summed E-state index contributed by atoms with van der Waals surface area (Å²) in [5, 5.41) is 2.86. The second-order valence-electron chi connectivity index (χ2n) is 6.97. The van der Waals surface area contributed by atoms with Crippen LogP contribution in [0, 0.1) is 13.8 Å². The van der Waals surface area contributed by atoms with Gasteiger partial charge in [0.05, 0.1) is 43.8 Å². The lowest BCUT2D eigenvalue weighted by Crippen LogP contribution is -2.45. The minimum Gasteiger partial charge on any atom is -0.467 e. The number of esters is 1. The van der Waals surface area contributed by atoms with Gasteiger partial charge in [-0.1, -0.05) is 0 Å². The standard InChI is InChI=1S/C20H25N3O5/c1-12-17(20(26)27-3)13(2)22-18(12)16(24)11-23-8-4-7-15(23)19(25)21-10-14-6-5-9-28-14/h5-6,9,15,22H,4,7-8,10-11H2,1-3H3,(H,21,25)/t15-/m1/s1. The van der Waals surface area contributed by atoms with E-state index in [1.54, 1.807) is 32.2 Å². The van der Waals surface area contributed by atoms with E-state index in [4.69, 9.17) is 9.15 Å². The summed E-state index contributed by atoms with van der Waals surface area (Å²) >= 11 is 0. The summed E-state index contributed by atoms with van der Waals surface area (Å²) in [7, 11) is 1.31. The third-order valence-electron chi connectivity index (χ3n) is 5.14. The molecular weight excluding hydrogens is 362 g/mol. The first-order valence-corrected chi connectivity index (χ1v) is 9.27. The average Bonchev–Trinajstić information content (AvgIpc) is 3.40. The molecule has 0 unspecified atom stereocenters. The van der Waals surface area contributed by atoms with Crippen LogP contribution < -0.4 is 5.32 Å². The highest BCUT2D eigenvalue weighted by Gasteiger charge is 2.33. The molecule has 2 aromatic heterocycles. The Hall–Kier alpha value is -2.87. The van der Waals surface area contributed by atoms with Crippen LogP contribution in [0.5, 0.6) is 0 Å². The van der Waals surface area contributed by atoms with Crippen molar-refractivity contribution in [3.8, 4) is 0 Å². The quantitative estimate of drug-likeness (QED) is 0.556. The van der Waals surface area contributed by atoms with Crippen LogP contribution in [0.4, 0.5) is 0 Å². The number of aromatic nitrogens is 1. The van der Waals surface area contributed by atoms with Gasteiger partial charge in [0.25, 0.3) is 0 Å². The number of rotatable bonds is 7. The van der Waals surface area contributed by atoms with E-state index in [2.05, 4.69) is 10.3 Å². The molecule has 1 fully saturated rings. The van der Waals surface area contributed by atoms with E-state index in [0.29, 0.717) is 47.8 Å². The highest BCUT2D eigenvalue weighted by Crippen LogP contribution is 2.22. The number of nitrogens with zero attached hydrogens (tertiary/aromatic N) is 1. The number of aryl methyl sites for hydroxylation is 1. The molecule has 1 amide bonds. The van der Waals surface area contributed by atoms with Gasteiger partial charge < -0.3 is 19.5 Å². The third-order valence-corrected chi connectivity index (χ3v) is 5.14. The zero-order valence-corrected chi connectivity index (χ0v) is 16.3. The van der Waals surface area contributed by atoms with E-state index >= 15 is 0 Å². The largest absolute Gasteiger partial charge is 0.467 e. The molecule has 1 saturated heterocycles. The second-order valence-corrected chi connectivity index (χ2v) is 6.97. The minimum atomic E-state index is -0.471. The molecule has 0 spiro atoms. The smallest absolute Gasteiger partial charge is 0.339 e. The first-order valence-electron chi connectivity index (χ1n) is 9.27. The van der Waals surface area contributed by atoms with Crippen molar-refractivity contribution < 1.29 is 23.5 Å². The summed E-state index contributed by atoms with van der Waals surface area (Å²) in [4.78, 5) is 42.2. The molecule has 2 aromatic rings. The molecule has 3 rings (SSSR count). The van der Waals surface area contributed by atoms with Crippen LogP contribution in [0.25, 0.3) is 0 Å². The van der Waals surface area contributed by atoms with Crippen molar-refractivity contribution in [3.63, 3.8) is 0 Å². The monoisotopic (exact) mass is 387 g/mol. The number of ether oxygens (including phenoxy) is 1. The van der Waals surface area contributed by atoms with Gasteiger partial charge in [0.2, 0.25) is 5.91 Å². The summed E-state index contributed by atoms with van der Waals surface area (Å²) in [6, 6.07) is 3.21. The predicted molar refractivity (Wildman–Crippen MR) is 101 cm³/mol. The Bertz CT molecular complexity index is 869. The molecule has 1 aliphatic heterocycles. The number of methoxy groups -OCH3 is 1. The number of ketones is 1. The average molecular weight is 387 g/mol. The van der Waals surface area contributed by atoms with Gasteiger partial charge >= 0.3 is 5.97 Å². The Kier molecular flexibility index (Phi) is 5.99. The number of furan rings is 1. The molecule has 8 heteroatoms. The van der Waals surface area contributed by atoms with Gasteiger partial charge in [0.1, 0.15) is 5.76 Å². The molecule has 0 bridgehead atoms. The van der Waals surface area contributed by atoms with Crippen molar-refractivity contribution in [2.24, 2.45) is 0 Å². The molecule has 8 nitrogen and oxygen atoms in total. The molecular formula is C20H25N3O5. The van der Waals surface area contributed by atoms with Gasteiger partial charge in [-0.05, 0) is 50.9 Å². The maximum absolute atomic E-state index is 12.8. The van der Waals surface area contributed by atoms with Crippen LogP contribution in [0.2, 0.25) is 0 Å². The Morgan fingerprint density at radius 1 is 1.36 bits per heavy atom. The normalized spacial score (nSPS) is 16.9. The lowest BCUT2D eigenvalue weighted by Gasteiger charge is -2.22. The molecule has 0 saturated carbocycles. The number of carbonyl (C=O) groups excluding carboxylic acids is 3. The van der Waals surface area contributed by atoms with Crippen molar-refractivity contribution in [1.29, 1.82) is 0 Å². The zero-order valence-electron chi connectivity index (χ0n) is 16.3. The lowest BCUT2D eigenvalue weighted by molar-refractivity contribution is -0.125. The van der Waals surface area contributed by atoms with Crippen LogP contribution in [0.15, 0.2) is 22.8 Å². The summed E-state index contributed by atoms with van der Waals surface area (Å²) in [6.45, 7) is 4.56. The fraction of sp³-hybridized carbons (Fsp3) is 0.450. The van der Waals surface area contributed by atoms with E-state index in [0.717, 1.165) is 6.42 Å². The molecule has 3 heterocycles. The van der Waals surface area contributed by atoms with Crippen molar-refractivity contribution in [1.82, 2.24) is 15.2 Å². The fourth-order valence-corrected chi connectivity index (χ4v) is 3.72. The number of Topliss-reactive ketones (excluding diaryl/α,β-unsaturated/α-hetero) is 1. The number of amides is 1. The van der Waals surface area contributed by atoms with Crippen molar-refractivity contribution in [2.75, 3.05) is 20.2 Å². The molecule has 0 aromatic carbocycles. The van der Waals surface area contributed by atoms with E-state index in [9.17, 15) is 14.4 Å². The van der Waals surface area contributed by atoms with Crippen molar-refractivity contribution >= 4 is 17.7 Å². The number of aromatic amines is 1. The Labute approximate surface area is 163 Å². The number of hydrogen-bond donors (Lipinski definition) is 2. The summed E-state index contributed by atoms with van der Waals surface area (Å²) in [5.74, 6) is -0.0544. The number of hydrogen-bond acceptors (Lipinski definition) is 6. The summed E-state index contributed by atoms with van der Waals surface area (Å²) in [5.41, 5.74) is 1.95. The molecule has 0 radical (unpaired) electrons. The topological polar surface area (TPSA) is 105 Å². The number of likely N-dealkylation sites (tertiary alicyclic amines) is 1. The molecule has 28 heavy (non-hydrogen) atoms. The molecule has 1 aliphatic rings. The molecule has 0 aliphatic carbocycles. The van der Waals surface area contributed by atoms with Crippen LogP contribution in [-0.4, -0.2) is 53.8 Å². The van der Waals surface area contributed by atoms with Crippen LogP contribution in [0.1, 0.15) is 50.7 Å². The minimum absolute atomic E-state index is 0.111. The van der Waals surface area contributed by atoms with Crippen molar-refractivity contribution in [3.05, 3.63) is 46.7 Å². The first-order chi connectivity index (χ1) is 13.4. The van der Waals surface area contributed by atoms with E-state index < -0.39 is 5.97 Å². The summed E-state index contributed by atoms with van der Waals surface area (Å²) < 4.78 is 10.0. The van der Waals surface area contributed by atoms with E-state index in [1.165, 1.54) is 7.11 Å². The Balaban J connectivity index is 1.66. The molecule has 2 N–H and O–H groups in total. The van der Waals surface area contributed by atoms with E-state index in [1.807, 2.05) is 4.90 Å². The number of H-pyrrole nitrogens is 1. The summed E-state index contributed by atoms with van der Waals surface area (Å²) in [6.07, 6.45) is 3.11. The highest BCUT2D eigenvalue weighted by molar-refractivity contribution is 6.02. The van der Waals surface area contributed by atoms with Crippen LogP contribution in [0.3, 0.4) is 0 Å². The van der Waals surface area contributed by atoms with Gasteiger partial charge in [-0.25, -0.2) is 4.79 Å². The number of carbonyl (C=O) groups is 3.